The van der Waals surface area contributed by atoms with Crippen LogP contribution in [0.15, 0.2) is 30.3 Å². The molecule has 2 aromatic heterocycles. The number of imidazole rings is 1. The lowest BCUT2D eigenvalue weighted by Gasteiger charge is -2.08. The van der Waals surface area contributed by atoms with Crippen LogP contribution in [0.1, 0.15) is 32.9 Å². The van der Waals surface area contributed by atoms with E-state index in [9.17, 15) is 4.79 Å². The van der Waals surface area contributed by atoms with Crippen LogP contribution in [0.3, 0.4) is 0 Å². The summed E-state index contributed by atoms with van der Waals surface area (Å²) in [6.07, 6.45) is 0.968. The van der Waals surface area contributed by atoms with Crippen LogP contribution in [0, 0.1) is 13.8 Å². The van der Waals surface area contributed by atoms with E-state index in [-0.39, 0.29) is 5.91 Å². The van der Waals surface area contributed by atoms with E-state index in [1.807, 2.05) is 31.2 Å². The molecule has 1 N–H and O–H groups in total. The molecule has 3 rings (SSSR count). The molecule has 4 nitrogen and oxygen atoms in total. The number of carbonyl (C=O) groups excluding carboxylic acids is 1. The number of para-hydroxylation sites is 2. The fourth-order valence-electron chi connectivity index (χ4n) is 2.83. The average molecular weight is 327 g/mol. The minimum atomic E-state index is 0.0138. The maximum Gasteiger partial charge on any atom is 0.261 e. The predicted octanol–water partition coefficient (Wildman–Crippen LogP) is 3.71. The normalized spacial score (nSPS) is 11.1. The molecule has 0 saturated carbocycles. The molecule has 120 valence electrons. The molecule has 5 heteroatoms. The van der Waals surface area contributed by atoms with E-state index in [0.29, 0.717) is 6.54 Å². The van der Waals surface area contributed by atoms with Gasteiger partial charge in [0.2, 0.25) is 0 Å². The molecule has 0 aliphatic carbocycles. The molecule has 0 spiro atoms. The number of fused-ring (bicyclic) bond motifs is 1. The second kappa shape index (κ2) is 6.54. The number of aryl methyl sites for hydroxylation is 3. The molecule has 0 saturated heterocycles. The van der Waals surface area contributed by atoms with Crippen molar-refractivity contribution in [1.82, 2.24) is 14.9 Å². The Kier molecular flexibility index (Phi) is 4.48. The summed E-state index contributed by atoms with van der Waals surface area (Å²) >= 11 is 1.57. The number of nitrogens with zero attached hydrogens (tertiary/aromatic N) is 2. The summed E-state index contributed by atoms with van der Waals surface area (Å²) in [7, 11) is 0. The number of hydrogen-bond acceptors (Lipinski definition) is 3. The zero-order valence-corrected chi connectivity index (χ0v) is 14.5. The van der Waals surface area contributed by atoms with Crippen LogP contribution >= 0.6 is 11.3 Å². The summed E-state index contributed by atoms with van der Waals surface area (Å²) in [5.41, 5.74) is 3.37. The van der Waals surface area contributed by atoms with Gasteiger partial charge in [0.1, 0.15) is 5.82 Å². The maximum atomic E-state index is 12.3. The average Bonchev–Trinajstić information content (AvgIpc) is 3.07. The van der Waals surface area contributed by atoms with E-state index in [2.05, 4.69) is 34.8 Å². The van der Waals surface area contributed by atoms with Crippen molar-refractivity contribution in [2.24, 2.45) is 0 Å². The largest absolute Gasteiger partial charge is 0.350 e. The van der Waals surface area contributed by atoms with Crippen LogP contribution in [0.4, 0.5) is 0 Å². The summed E-state index contributed by atoms with van der Waals surface area (Å²) < 4.78 is 2.15. The number of thiophene rings is 1. The van der Waals surface area contributed by atoms with Crippen molar-refractivity contribution in [2.45, 2.75) is 33.7 Å². The van der Waals surface area contributed by atoms with Crippen molar-refractivity contribution in [3.8, 4) is 0 Å². The second-order valence-electron chi connectivity index (χ2n) is 5.60. The predicted molar refractivity (Wildman–Crippen MR) is 95.2 cm³/mol. The monoisotopic (exact) mass is 327 g/mol. The van der Waals surface area contributed by atoms with Crippen molar-refractivity contribution in [3.05, 3.63) is 51.5 Å². The molecule has 1 aromatic carbocycles. The molecule has 0 fully saturated rings. The lowest BCUT2D eigenvalue weighted by atomic mass is 10.2. The quantitative estimate of drug-likeness (QED) is 0.776. The van der Waals surface area contributed by atoms with Gasteiger partial charge in [0.25, 0.3) is 5.91 Å². The number of amides is 1. The van der Waals surface area contributed by atoms with E-state index in [4.69, 9.17) is 0 Å². The third-order valence-corrected chi connectivity index (χ3v) is 5.18. The summed E-state index contributed by atoms with van der Waals surface area (Å²) in [6.45, 7) is 7.50. The van der Waals surface area contributed by atoms with Crippen LogP contribution < -0.4 is 5.32 Å². The number of aromatic nitrogens is 2. The van der Waals surface area contributed by atoms with Crippen LogP contribution in [0.2, 0.25) is 0 Å². The van der Waals surface area contributed by atoms with Gasteiger partial charge in [0.15, 0.2) is 0 Å². The molecular formula is C18H21N3OS. The molecule has 0 aliphatic rings. The summed E-state index contributed by atoms with van der Waals surface area (Å²) in [5.74, 6) is 0.987. The highest BCUT2D eigenvalue weighted by Crippen LogP contribution is 2.22. The van der Waals surface area contributed by atoms with Gasteiger partial charge in [-0.3, -0.25) is 4.79 Å². The highest BCUT2D eigenvalue weighted by Gasteiger charge is 2.12. The number of rotatable bonds is 5. The highest BCUT2D eigenvalue weighted by molar-refractivity contribution is 7.14. The topological polar surface area (TPSA) is 46.9 Å². The molecule has 1 amide bonds. The Morgan fingerprint density at radius 3 is 2.83 bits per heavy atom. The molecule has 23 heavy (non-hydrogen) atoms. The number of nitrogens with one attached hydrogen (secondary N) is 1. The molecule has 0 radical (unpaired) electrons. The van der Waals surface area contributed by atoms with Crippen molar-refractivity contribution >= 4 is 28.3 Å². The molecule has 0 unspecified atom stereocenters. The minimum Gasteiger partial charge on any atom is -0.350 e. The van der Waals surface area contributed by atoms with Crippen LogP contribution in [0.25, 0.3) is 11.0 Å². The first-order valence-electron chi connectivity index (χ1n) is 7.89. The molecule has 0 aliphatic heterocycles. The van der Waals surface area contributed by atoms with Crippen molar-refractivity contribution in [3.63, 3.8) is 0 Å². The fourth-order valence-corrected chi connectivity index (χ4v) is 3.86. The van der Waals surface area contributed by atoms with Gasteiger partial charge in [-0.15, -0.1) is 11.3 Å². The van der Waals surface area contributed by atoms with Gasteiger partial charge in [-0.2, -0.15) is 0 Å². The van der Waals surface area contributed by atoms with Gasteiger partial charge in [0.05, 0.1) is 15.9 Å². The Balaban J connectivity index is 1.66. The van der Waals surface area contributed by atoms with Crippen LogP contribution in [0.5, 0.6) is 0 Å². The first-order valence-corrected chi connectivity index (χ1v) is 8.71. The van der Waals surface area contributed by atoms with Gasteiger partial charge < -0.3 is 9.88 Å². The first kappa shape index (κ1) is 15.7. The molecule has 0 bridgehead atoms. The Bertz CT molecular complexity index is 847. The third-order valence-electron chi connectivity index (χ3n) is 4.09. The Morgan fingerprint density at radius 2 is 2.09 bits per heavy atom. The fraction of sp³-hybridized carbons (Fsp3) is 0.333. The Labute approximate surface area is 140 Å². The van der Waals surface area contributed by atoms with Gasteiger partial charge in [-0.1, -0.05) is 19.1 Å². The zero-order valence-electron chi connectivity index (χ0n) is 13.7. The van der Waals surface area contributed by atoms with Crippen molar-refractivity contribution in [2.75, 3.05) is 6.54 Å². The summed E-state index contributed by atoms with van der Waals surface area (Å²) in [6, 6.07) is 10.1. The zero-order chi connectivity index (χ0) is 16.4. The van der Waals surface area contributed by atoms with Crippen LogP contribution in [-0.2, 0) is 13.0 Å². The maximum absolute atomic E-state index is 12.3. The first-order chi connectivity index (χ1) is 11.1. The SMILES string of the molecule is CCc1cc(C(=O)NCCn2c(C)nc3ccccc32)sc1C. The summed E-state index contributed by atoms with van der Waals surface area (Å²) in [4.78, 5) is 18.9. The Hall–Kier alpha value is -2.14. The number of benzene rings is 1. The summed E-state index contributed by atoms with van der Waals surface area (Å²) in [5, 5.41) is 3.02. The molecular weight excluding hydrogens is 306 g/mol. The van der Waals surface area contributed by atoms with E-state index in [0.717, 1.165) is 34.7 Å². The Morgan fingerprint density at radius 1 is 1.30 bits per heavy atom. The van der Waals surface area contributed by atoms with Crippen molar-refractivity contribution < 1.29 is 4.79 Å². The van der Waals surface area contributed by atoms with Crippen molar-refractivity contribution in [1.29, 1.82) is 0 Å². The smallest absolute Gasteiger partial charge is 0.261 e. The molecule has 3 aromatic rings. The lowest BCUT2D eigenvalue weighted by molar-refractivity contribution is 0.0956. The standard InChI is InChI=1S/C18H21N3OS/c1-4-14-11-17(23-12(14)2)18(22)19-9-10-21-13(3)20-15-7-5-6-8-16(15)21/h5-8,11H,4,9-10H2,1-3H3,(H,19,22). The van der Waals surface area contributed by atoms with E-state index in [1.54, 1.807) is 11.3 Å². The van der Waals surface area contributed by atoms with Gasteiger partial charge in [-0.25, -0.2) is 4.98 Å². The minimum absolute atomic E-state index is 0.0138. The van der Waals surface area contributed by atoms with Gasteiger partial charge >= 0.3 is 0 Å². The van der Waals surface area contributed by atoms with E-state index < -0.39 is 0 Å². The molecule has 0 atom stereocenters. The third kappa shape index (κ3) is 3.15. The lowest BCUT2D eigenvalue weighted by Crippen LogP contribution is -2.26. The van der Waals surface area contributed by atoms with E-state index >= 15 is 0 Å². The van der Waals surface area contributed by atoms with Gasteiger partial charge in [-0.05, 0) is 44.0 Å². The second-order valence-corrected chi connectivity index (χ2v) is 6.86. The number of hydrogen-bond donors (Lipinski definition) is 1. The van der Waals surface area contributed by atoms with Crippen LogP contribution in [-0.4, -0.2) is 22.0 Å². The van der Waals surface area contributed by atoms with Gasteiger partial charge in [0, 0.05) is 18.0 Å². The highest BCUT2D eigenvalue weighted by atomic mass is 32.1. The molecule has 2 heterocycles. The van der Waals surface area contributed by atoms with E-state index in [1.165, 1.54) is 10.4 Å². The number of carbonyl (C=O) groups is 1.